The maximum atomic E-state index is 12.7. The van der Waals surface area contributed by atoms with E-state index < -0.39 is 30.0 Å². The molecule has 2 rings (SSSR count). The van der Waals surface area contributed by atoms with Gasteiger partial charge in [0.25, 0.3) is 0 Å². The Morgan fingerprint density at radius 2 is 1.96 bits per heavy atom. The van der Waals surface area contributed by atoms with Crippen molar-refractivity contribution in [2.45, 2.75) is 65.0 Å². The molecule has 128 valence electrons. The maximum absolute atomic E-state index is 12.7. The molecule has 1 saturated heterocycles. The predicted octanol–water partition coefficient (Wildman–Crippen LogP) is 2.42. The van der Waals surface area contributed by atoms with Crippen LogP contribution in [-0.2, 0) is 9.59 Å². The highest BCUT2D eigenvalue weighted by Crippen LogP contribution is 2.32. The third-order valence-electron chi connectivity index (χ3n) is 4.49. The molecule has 2 unspecified atom stereocenters. The summed E-state index contributed by atoms with van der Waals surface area (Å²) < 4.78 is 0. The summed E-state index contributed by atoms with van der Waals surface area (Å²) in [6, 6.07) is -0.693. The highest BCUT2D eigenvalue weighted by molar-refractivity contribution is 6.17. The minimum absolute atomic E-state index is 0.304. The highest BCUT2D eigenvalue weighted by atomic mass is 16.3. The number of urea groups is 1. The van der Waals surface area contributed by atoms with E-state index in [0.29, 0.717) is 13.0 Å². The molecule has 0 aromatic heterocycles. The molecule has 0 bridgehead atoms. The van der Waals surface area contributed by atoms with Gasteiger partial charge in [-0.25, -0.2) is 9.69 Å². The van der Waals surface area contributed by atoms with Crippen LogP contribution in [0.4, 0.5) is 4.79 Å². The summed E-state index contributed by atoms with van der Waals surface area (Å²) in [4.78, 5) is 39.7. The Balaban J connectivity index is 2.20. The maximum Gasteiger partial charge on any atom is 0.335 e. The van der Waals surface area contributed by atoms with E-state index in [1.54, 1.807) is 0 Å². The number of aliphatic hydroxyl groups excluding tert-OH is 1. The Bertz CT molecular complexity index is 513. The number of unbranched alkanes of at least 4 members (excludes halogenated alkanes) is 3. The van der Waals surface area contributed by atoms with Crippen LogP contribution in [0.2, 0.25) is 0 Å². The van der Waals surface area contributed by atoms with Crippen LogP contribution in [0.3, 0.4) is 0 Å². The van der Waals surface area contributed by atoms with Gasteiger partial charge in [0.15, 0.2) is 0 Å². The number of hydrogen-bond donors (Lipinski definition) is 1. The lowest BCUT2D eigenvalue weighted by Crippen LogP contribution is -2.62. The Hall–Kier alpha value is -1.69. The molecule has 1 N–H and O–H groups in total. The zero-order valence-corrected chi connectivity index (χ0v) is 14.0. The molecule has 2 atom stereocenters. The van der Waals surface area contributed by atoms with Gasteiger partial charge in [0.2, 0.25) is 11.8 Å². The number of rotatable bonds is 7. The molecule has 0 aromatic rings. The molecule has 6 heteroatoms. The van der Waals surface area contributed by atoms with Gasteiger partial charge in [-0.15, -0.1) is 0 Å². The summed E-state index contributed by atoms with van der Waals surface area (Å²) in [6.45, 7) is 3.77. The summed E-state index contributed by atoms with van der Waals surface area (Å²) in [5.74, 6) is -1.95. The molecular weight excluding hydrogens is 296 g/mol. The SMILES string of the molecule is CCCCCCN1C(=O)C(C2=CCCC2)C(=O)N(C(C)O)C1=O. The lowest BCUT2D eigenvalue weighted by molar-refractivity contribution is -0.153. The van der Waals surface area contributed by atoms with Crippen molar-refractivity contribution < 1.29 is 19.5 Å². The normalized spacial score (nSPS) is 23.5. The molecule has 23 heavy (non-hydrogen) atoms. The quantitative estimate of drug-likeness (QED) is 0.443. The van der Waals surface area contributed by atoms with E-state index in [1.165, 1.54) is 6.92 Å². The van der Waals surface area contributed by atoms with Crippen LogP contribution in [0, 0.1) is 5.92 Å². The van der Waals surface area contributed by atoms with Gasteiger partial charge in [-0.05, 0) is 32.6 Å². The number of carbonyl (C=O) groups is 3. The third kappa shape index (κ3) is 3.63. The number of amides is 4. The Labute approximate surface area is 137 Å². The molecule has 2 aliphatic rings. The van der Waals surface area contributed by atoms with Crippen molar-refractivity contribution in [3.05, 3.63) is 11.6 Å². The van der Waals surface area contributed by atoms with Crippen molar-refractivity contribution in [2.24, 2.45) is 5.92 Å². The highest BCUT2D eigenvalue weighted by Gasteiger charge is 2.48. The second kappa shape index (κ2) is 7.73. The first-order valence-electron chi connectivity index (χ1n) is 8.54. The van der Waals surface area contributed by atoms with Crippen LogP contribution in [0.25, 0.3) is 0 Å². The van der Waals surface area contributed by atoms with Gasteiger partial charge in [-0.2, -0.15) is 0 Å². The van der Waals surface area contributed by atoms with Gasteiger partial charge in [-0.1, -0.05) is 37.8 Å². The summed E-state index contributed by atoms with van der Waals surface area (Å²) in [5.41, 5.74) is 0.789. The number of carbonyl (C=O) groups excluding carboxylic acids is 3. The molecule has 0 saturated carbocycles. The summed E-state index contributed by atoms with van der Waals surface area (Å²) >= 11 is 0. The molecule has 1 aliphatic heterocycles. The Morgan fingerprint density at radius 3 is 2.52 bits per heavy atom. The van der Waals surface area contributed by atoms with Crippen LogP contribution >= 0.6 is 0 Å². The molecule has 4 amide bonds. The molecule has 1 fully saturated rings. The number of aliphatic hydroxyl groups is 1. The monoisotopic (exact) mass is 322 g/mol. The minimum atomic E-state index is -1.23. The van der Waals surface area contributed by atoms with E-state index in [1.807, 2.05) is 6.08 Å². The van der Waals surface area contributed by atoms with Gasteiger partial charge in [0.05, 0.1) is 0 Å². The van der Waals surface area contributed by atoms with Crippen LogP contribution < -0.4 is 0 Å². The number of barbiturate groups is 1. The average Bonchev–Trinajstić information content (AvgIpc) is 3.00. The number of hydrogen-bond acceptors (Lipinski definition) is 4. The average molecular weight is 322 g/mol. The van der Waals surface area contributed by atoms with Crippen molar-refractivity contribution >= 4 is 17.8 Å². The summed E-state index contributed by atoms with van der Waals surface area (Å²) in [7, 11) is 0. The van der Waals surface area contributed by atoms with Crippen LogP contribution in [-0.4, -0.2) is 45.5 Å². The number of imide groups is 2. The summed E-state index contributed by atoms with van der Waals surface area (Å²) in [6.07, 6.45) is 6.93. The molecule has 6 nitrogen and oxygen atoms in total. The van der Waals surface area contributed by atoms with E-state index >= 15 is 0 Å². The molecule has 0 aromatic carbocycles. The zero-order valence-electron chi connectivity index (χ0n) is 14.0. The first-order valence-corrected chi connectivity index (χ1v) is 8.54. The molecule has 0 radical (unpaired) electrons. The first kappa shape index (κ1) is 17.7. The molecule has 1 heterocycles. The predicted molar refractivity (Wildman–Crippen MR) is 85.2 cm³/mol. The van der Waals surface area contributed by atoms with Crippen LogP contribution in [0.15, 0.2) is 11.6 Å². The van der Waals surface area contributed by atoms with E-state index in [9.17, 15) is 19.5 Å². The third-order valence-corrected chi connectivity index (χ3v) is 4.49. The number of nitrogens with zero attached hydrogens (tertiary/aromatic N) is 2. The summed E-state index contributed by atoms with van der Waals surface area (Å²) in [5, 5.41) is 9.82. The van der Waals surface area contributed by atoms with Gasteiger partial charge >= 0.3 is 6.03 Å². The van der Waals surface area contributed by atoms with Gasteiger partial charge in [-0.3, -0.25) is 14.5 Å². The van der Waals surface area contributed by atoms with Gasteiger partial charge in [0, 0.05) is 6.54 Å². The fourth-order valence-corrected chi connectivity index (χ4v) is 3.24. The van der Waals surface area contributed by atoms with Crippen molar-refractivity contribution in [2.75, 3.05) is 6.54 Å². The van der Waals surface area contributed by atoms with E-state index in [0.717, 1.165) is 53.9 Å². The topological polar surface area (TPSA) is 77.9 Å². The lowest BCUT2D eigenvalue weighted by Gasteiger charge is -2.38. The van der Waals surface area contributed by atoms with E-state index in [-0.39, 0.29) is 0 Å². The van der Waals surface area contributed by atoms with Crippen molar-refractivity contribution in [1.82, 2.24) is 9.80 Å². The molecule has 0 spiro atoms. The second-order valence-electron chi connectivity index (χ2n) is 6.28. The standard InChI is InChI=1S/C17H26N2O4/c1-3-4-5-8-11-18-15(21)14(13-9-6-7-10-13)16(22)19(12(2)20)17(18)23/h9,12,14,20H,3-8,10-11H2,1-2H3. The fourth-order valence-electron chi connectivity index (χ4n) is 3.24. The first-order chi connectivity index (χ1) is 11.0. The van der Waals surface area contributed by atoms with Crippen molar-refractivity contribution in [1.29, 1.82) is 0 Å². The zero-order chi connectivity index (χ0) is 17.0. The smallest absolute Gasteiger partial charge is 0.335 e. The lowest BCUT2D eigenvalue weighted by atomic mass is 9.93. The van der Waals surface area contributed by atoms with E-state index in [2.05, 4.69) is 6.92 Å². The Kier molecular flexibility index (Phi) is 5.93. The van der Waals surface area contributed by atoms with Crippen LogP contribution in [0.1, 0.15) is 58.8 Å². The van der Waals surface area contributed by atoms with Crippen molar-refractivity contribution in [3.8, 4) is 0 Å². The Morgan fingerprint density at radius 1 is 1.22 bits per heavy atom. The van der Waals surface area contributed by atoms with Gasteiger partial charge < -0.3 is 5.11 Å². The van der Waals surface area contributed by atoms with Crippen LogP contribution in [0.5, 0.6) is 0 Å². The van der Waals surface area contributed by atoms with Crippen molar-refractivity contribution in [3.63, 3.8) is 0 Å². The molecule has 1 aliphatic carbocycles. The number of allylic oxidation sites excluding steroid dienone is 1. The van der Waals surface area contributed by atoms with E-state index in [4.69, 9.17) is 0 Å². The largest absolute Gasteiger partial charge is 0.373 e. The fraction of sp³-hybridized carbons (Fsp3) is 0.706. The molecular formula is C17H26N2O4. The second-order valence-corrected chi connectivity index (χ2v) is 6.28. The minimum Gasteiger partial charge on any atom is -0.373 e. The van der Waals surface area contributed by atoms with Gasteiger partial charge in [0.1, 0.15) is 12.1 Å².